The second-order valence-electron chi connectivity index (χ2n) is 5.08. The highest BCUT2D eigenvalue weighted by Gasteiger charge is 2.16. The van der Waals surface area contributed by atoms with Gasteiger partial charge in [-0.3, -0.25) is 14.6 Å². The molecule has 0 aliphatic rings. The van der Waals surface area contributed by atoms with Gasteiger partial charge in [0.25, 0.3) is 5.91 Å². The van der Waals surface area contributed by atoms with Crippen molar-refractivity contribution in [2.45, 2.75) is 0 Å². The van der Waals surface area contributed by atoms with Crippen LogP contribution in [-0.2, 0) is 0 Å². The Kier molecular flexibility index (Phi) is 4.68. The van der Waals surface area contributed by atoms with Crippen molar-refractivity contribution < 1.29 is 9.59 Å². The second kappa shape index (κ2) is 7.06. The summed E-state index contributed by atoms with van der Waals surface area (Å²) in [5, 5.41) is 3.17. The molecule has 4 nitrogen and oxygen atoms in total. The van der Waals surface area contributed by atoms with Gasteiger partial charge in [-0.2, -0.15) is 0 Å². The van der Waals surface area contributed by atoms with E-state index in [9.17, 15) is 9.59 Å². The number of halogens is 1. The Morgan fingerprint density at radius 1 is 0.917 bits per heavy atom. The van der Waals surface area contributed by atoms with Gasteiger partial charge >= 0.3 is 0 Å². The summed E-state index contributed by atoms with van der Waals surface area (Å²) >= 11 is 6.03. The first-order valence-electron chi connectivity index (χ1n) is 7.26. The number of benzene rings is 2. The highest BCUT2D eigenvalue weighted by molar-refractivity contribution is 6.31. The maximum atomic E-state index is 12.7. The standard InChI is InChI=1S/C19H13ClN2O2/c20-15-8-9-17(22-19(24)14-7-4-10-21-12-14)16(11-15)18(23)13-5-2-1-3-6-13/h1-12H,(H,22,24). The molecular weight excluding hydrogens is 324 g/mol. The van der Waals surface area contributed by atoms with E-state index < -0.39 is 0 Å². The minimum atomic E-state index is -0.340. The number of carbonyl (C=O) groups excluding carboxylic acids is 2. The molecule has 0 fully saturated rings. The van der Waals surface area contributed by atoms with Crippen molar-refractivity contribution in [3.63, 3.8) is 0 Å². The van der Waals surface area contributed by atoms with Crippen molar-refractivity contribution in [2.24, 2.45) is 0 Å². The Morgan fingerprint density at radius 2 is 1.67 bits per heavy atom. The number of rotatable bonds is 4. The van der Waals surface area contributed by atoms with Gasteiger partial charge in [-0.15, -0.1) is 0 Å². The molecule has 3 aromatic rings. The Labute approximate surface area is 144 Å². The lowest BCUT2D eigenvalue weighted by Crippen LogP contribution is -2.15. The summed E-state index contributed by atoms with van der Waals surface area (Å²) in [6.45, 7) is 0. The quantitative estimate of drug-likeness (QED) is 0.726. The SMILES string of the molecule is O=C(Nc1ccc(Cl)cc1C(=O)c1ccccc1)c1cccnc1. The van der Waals surface area contributed by atoms with Gasteiger partial charge in [-0.1, -0.05) is 41.9 Å². The third kappa shape index (κ3) is 3.50. The predicted octanol–water partition coefficient (Wildman–Crippen LogP) is 4.22. The number of ketones is 1. The van der Waals surface area contributed by atoms with Gasteiger partial charge in [0.2, 0.25) is 0 Å². The molecule has 118 valence electrons. The zero-order valence-electron chi connectivity index (χ0n) is 12.6. The van der Waals surface area contributed by atoms with Gasteiger partial charge < -0.3 is 5.32 Å². The number of hydrogen-bond donors (Lipinski definition) is 1. The number of pyridine rings is 1. The molecule has 1 aromatic heterocycles. The summed E-state index contributed by atoms with van der Waals surface area (Å²) < 4.78 is 0. The van der Waals surface area contributed by atoms with Crippen LogP contribution < -0.4 is 5.32 Å². The number of hydrogen-bond acceptors (Lipinski definition) is 3. The largest absolute Gasteiger partial charge is 0.321 e. The van der Waals surface area contributed by atoms with Crippen LogP contribution in [-0.4, -0.2) is 16.7 Å². The van der Waals surface area contributed by atoms with Crippen LogP contribution in [0, 0.1) is 0 Å². The third-order valence-corrected chi connectivity index (χ3v) is 3.67. The van der Waals surface area contributed by atoms with E-state index in [2.05, 4.69) is 10.3 Å². The maximum Gasteiger partial charge on any atom is 0.257 e. The van der Waals surface area contributed by atoms with E-state index in [4.69, 9.17) is 11.6 Å². The molecule has 3 rings (SSSR count). The average Bonchev–Trinajstić information content (AvgIpc) is 2.64. The fourth-order valence-electron chi connectivity index (χ4n) is 2.25. The van der Waals surface area contributed by atoms with Crippen LogP contribution in [0.25, 0.3) is 0 Å². The van der Waals surface area contributed by atoms with E-state index in [1.54, 1.807) is 60.8 Å². The zero-order chi connectivity index (χ0) is 16.9. The topological polar surface area (TPSA) is 59.1 Å². The minimum absolute atomic E-state index is 0.209. The molecule has 1 amide bonds. The van der Waals surface area contributed by atoms with Crippen molar-refractivity contribution in [3.8, 4) is 0 Å². The van der Waals surface area contributed by atoms with Crippen molar-refractivity contribution in [1.29, 1.82) is 0 Å². The molecule has 0 unspecified atom stereocenters. The highest BCUT2D eigenvalue weighted by atomic mass is 35.5. The van der Waals surface area contributed by atoms with Crippen LogP contribution in [0.2, 0.25) is 5.02 Å². The highest BCUT2D eigenvalue weighted by Crippen LogP contribution is 2.24. The molecule has 0 aliphatic carbocycles. The number of nitrogens with zero attached hydrogens (tertiary/aromatic N) is 1. The lowest BCUT2D eigenvalue weighted by molar-refractivity contribution is 0.102. The lowest BCUT2D eigenvalue weighted by atomic mass is 10.0. The smallest absolute Gasteiger partial charge is 0.257 e. The van der Waals surface area contributed by atoms with Crippen LogP contribution >= 0.6 is 11.6 Å². The molecule has 0 radical (unpaired) electrons. The molecule has 0 atom stereocenters. The summed E-state index contributed by atoms with van der Waals surface area (Å²) in [5.41, 5.74) is 1.68. The molecule has 0 saturated heterocycles. The molecule has 0 bridgehead atoms. The lowest BCUT2D eigenvalue weighted by Gasteiger charge is -2.11. The van der Waals surface area contributed by atoms with Crippen molar-refractivity contribution in [1.82, 2.24) is 4.98 Å². The molecule has 5 heteroatoms. The number of carbonyl (C=O) groups is 2. The Hall–Kier alpha value is -2.98. The summed E-state index contributed by atoms with van der Waals surface area (Å²) in [6, 6.07) is 17.0. The van der Waals surface area contributed by atoms with E-state index in [-0.39, 0.29) is 11.7 Å². The normalized spacial score (nSPS) is 10.2. The van der Waals surface area contributed by atoms with Crippen LogP contribution in [0.3, 0.4) is 0 Å². The fourth-order valence-corrected chi connectivity index (χ4v) is 2.42. The summed E-state index contributed by atoms with van der Waals surface area (Å²) in [5.74, 6) is -0.549. The van der Waals surface area contributed by atoms with E-state index in [1.807, 2.05) is 6.07 Å². The Bertz CT molecular complexity index is 880. The van der Waals surface area contributed by atoms with Gasteiger partial charge in [-0.05, 0) is 30.3 Å². The summed E-state index contributed by atoms with van der Waals surface area (Å²) in [4.78, 5) is 28.9. The number of aromatic nitrogens is 1. The first-order valence-corrected chi connectivity index (χ1v) is 7.63. The number of amides is 1. The average molecular weight is 337 g/mol. The van der Waals surface area contributed by atoms with Gasteiger partial charge in [0.05, 0.1) is 11.3 Å². The molecule has 0 aliphatic heterocycles. The third-order valence-electron chi connectivity index (χ3n) is 3.43. The van der Waals surface area contributed by atoms with E-state index in [0.29, 0.717) is 27.4 Å². The fraction of sp³-hybridized carbons (Fsp3) is 0. The predicted molar refractivity (Wildman–Crippen MR) is 93.5 cm³/mol. The molecular formula is C19H13ClN2O2. The molecule has 0 spiro atoms. The maximum absolute atomic E-state index is 12.7. The van der Waals surface area contributed by atoms with E-state index >= 15 is 0 Å². The number of nitrogens with one attached hydrogen (secondary N) is 1. The van der Waals surface area contributed by atoms with Gasteiger partial charge in [0, 0.05) is 28.5 Å². The first kappa shape index (κ1) is 15.9. The van der Waals surface area contributed by atoms with Crippen molar-refractivity contribution in [2.75, 3.05) is 5.32 Å². The minimum Gasteiger partial charge on any atom is -0.321 e. The Morgan fingerprint density at radius 3 is 2.38 bits per heavy atom. The molecule has 24 heavy (non-hydrogen) atoms. The van der Waals surface area contributed by atoms with Gasteiger partial charge in [0.15, 0.2) is 5.78 Å². The first-order chi connectivity index (χ1) is 11.6. The van der Waals surface area contributed by atoms with E-state index in [0.717, 1.165) is 0 Å². The second-order valence-corrected chi connectivity index (χ2v) is 5.52. The monoisotopic (exact) mass is 336 g/mol. The van der Waals surface area contributed by atoms with Crippen LogP contribution in [0.5, 0.6) is 0 Å². The molecule has 1 N–H and O–H groups in total. The zero-order valence-corrected chi connectivity index (χ0v) is 13.3. The van der Waals surface area contributed by atoms with Crippen molar-refractivity contribution >= 4 is 29.0 Å². The van der Waals surface area contributed by atoms with Gasteiger partial charge in [0.1, 0.15) is 0 Å². The number of anilines is 1. The summed E-state index contributed by atoms with van der Waals surface area (Å²) in [6.07, 6.45) is 3.05. The van der Waals surface area contributed by atoms with Crippen LogP contribution in [0.4, 0.5) is 5.69 Å². The van der Waals surface area contributed by atoms with Crippen LogP contribution in [0.1, 0.15) is 26.3 Å². The van der Waals surface area contributed by atoms with E-state index in [1.165, 1.54) is 6.20 Å². The molecule has 0 saturated carbocycles. The van der Waals surface area contributed by atoms with Gasteiger partial charge in [-0.25, -0.2) is 0 Å². The summed E-state index contributed by atoms with van der Waals surface area (Å²) in [7, 11) is 0. The molecule has 2 aromatic carbocycles. The van der Waals surface area contributed by atoms with Crippen molar-refractivity contribution in [3.05, 3.63) is 94.8 Å². The van der Waals surface area contributed by atoms with Crippen LogP contribution in [0.15, 0.2) is 73.1 Å². The molecule has 1 heterocycles. The Balaban J connectivity index is 1.94.